The van der Waals surface area contributed by atoms with E-state index in [1.54, 1.807) is 35.9 Å². The predicted octanol–water partition coefficient (Wildman–Crippen LogP) is 1.94. The molecule has 0 aliphatic rings. The number of aromatic nitrogens is 1. The van der Waals surface area contributed by atoms with Crippen LogP contribution in [0.5, 0.6) is 0 Å². The molecule has 3 rings (SSSR count). The van der Waals surface area contributed by atoms with Gasteiger partial charge in [0.25, 0.3) is 10.1 Å². The van der Waals surface area contributed by atoms with Crippen LogP contribution in [-0.2, 0) is 17.2 Å². The van der Waals surface area contributed by atoms with Crippen LogP contribution in [0.15, 0.2) is 52.2 Å². The Morgan fingerprint density at radius 2 is 1.65 bits per heavy atom. The fourth-order valence-corrected chi connectivity index (χ4v) is 2.87. The average molecular weight is 289 g/mol. The molecule has 0 atom stereocenters. The zero-order chi connectivity index (χ0) is 14.5. The predicted molar refractivity (Wildman–Crippen MR) is 76.5 cm³/mol. The molecular formula is C14H11NO4S. The van der Waals surface area contributed by atoms with Crippen LogP contribution < -0.4 is 5.43 Å². The van der Waals surface area contributed by atoms with Gasteiger partial charge in [-0.25, -0.2) is 0 Å². The number of rotatable bonds is 1. The fourth-order valence-electron chi connectivity index (χ4n) is 2.37. The molecule has 0 amide bonds. The highest BCUT2D eigenvalue weighted by Crippen LogP contribution is 2.20. The second kappa shape index (κ2) is 4.16. The molecule has 0 unspecified atom stereocenters. The van der Waals surface area contributed by atoms with Crippen LogP contribution in [0.4, 0.5) is 0 Å². The minimum Gasteiger partial charge on any atom is -0.343 e. The molecule has 20 heavy (non-hydrogen) atoms. The standard InChI is InChI=1S/C14H11NO4S/c1-15-12-5-3-2-4-10(12)14(16)11-7-6-9(8-13(11)15)20(17,18)19/h2-8H,1H3,(H,17,18,19). The molecule has 1 heterocycles. The van der Waals surface area contributed by atoms with Crippen molar-refractivity contribution in [1.29, 1.82) is 0 Å². The normalized spacial score (nSPS) is 12.1. The summed E-state index contributed by atoms with van der Waals surface area (Å²) in [6, 6.07) is 11.1. The van der Waals surface area contributed by atoms with Gasteiger partial charge in [-0.15, -0.1) is 0 Å². The van der Waals surface area contributed by atoms with Crippen molar-refractivity contribution in [3.63, 3.8) is 0 Å². The van der Waals surface area contributed by atoms with Gasteiger partial charge in [0.2, 0.25) is 0 Å². The largest absolute Gasteiger partial charge is 0.343 e. The second-order valence-corrected chi connectivity index (χ2v) is 5.98. The Hall–Kier alpha value is -2.18. The van der Waals surface area contributed by atoms with Crippen molar-refractivity contribution < 1.29 is 13.0 Å². The first kappa shape index (κ1) is 12.8. The summed E-state index contributed by atoms with van der Waals surface area (Å²) in [4.78, 5) is 12.1. The second-order valence-electron chi connectivity index (χ2n) is 4.56. The number of pyridine rings is 1. The van der Waals surface area contributed by atoms with Gasteiger partial charge >= 0.3 is 0 Å². The van der Waals surface area contributed by atoms with Gasteiger partial charge in [-0.3, -0.25) is 9.35 Å². The van der Waals surface area contributed by atoms with Crippen LogP contribution in [0.25, 0.3) is 21.8 Å². The maximum Gasteiger partial charge on any atom is 0.294 e. The lowest BCUT2D eigenvalue weighted by molar-refractivity contribution is 0.483. The molecule has 2 aromatic carbocycles. The van der Waals surface area contributed by atoms with E-state index in [-0.39, 0.29) is 10.3 Å². The molecule has 0 fully saturated rings. The Balaban J connectivity index is 2.57. The van der Waals surface area contributed by atoms with Crippen molar-refractivity contribution in [1.82, 2.24) is 4.57 Å². The third-order valence-corrected chi connectivity index (χ3v) is 4.23. The summed E-state index contributed by atoms with van der Waals surface area (Å²) in [5, 5.41) is 0.987. The monoisotopic (exact) mass is 289 g/mol. The van der Waals surface area contributed by atoms with Gasteiger partial charge in [0, 0.05) is 17.8 Å². The van der Waals surface area contributed by atoms with Gasteiger partial charge in [0.1, 0.15) is 0 Å². The van der Waals surface area contributed by atoms with Gasteiger partial charge in [-0.2, -0.15) is 8.42 Å². The fraction of sp³-hybridized carbons (Fsp3) is 0.0714. The van der Waals surface area contributed by atoms with Crippen LogP contribution in [0.1, 0.15) is 0 Å². The Bertz CT molecular complexity index is 1000. The molecule has 6 heteroatoms. The Morgan fingerprint density at radius 3 is 2.35 bits per heavy atom. The first-order valence-corrected chi connectivity index (χ1v) is 7.32. The zero-order valence-electron chi connectivity index (χ0n) is 10.6. The lowest BCUT2D eigenvalue weighted by Crippen LogP contribution is -2.10. The van der Waals surface area contributed by atoms with Crippen LogP contribution in [0.3, 0.4) is 0 Å². The van der Waals surface area contributed by atoms with Crippen molar-refractivity contribution in [3.05, 3.63) is 52.7 Å². The zero-order valence-corrected chi connectivity index (χ0v) is 11.4. The highest BCUT2D eigenvalue weighted by molar-refractivity contribution is 7.85. The summed E-state index contributed by atoms with van der Waals surface area (Å²) >= 11 is 0. The maximum atomic E-state index is 12.4. The van der Waals surface area contributed by atoms with E-state index in [0.29, 0.717) is 21.8 Å². The summed E-state index contributed by atoms with van der Waals surface area (Å²) in [5.74, 6) is 0. The SMILES string of the molecule is Cn1c2ccccc2c(=O)c2ccc(S(=O)(=O)O)cc21. The van der Waals surface area contributed by atoms with E-state index in [1.165, 1.54) is 18.2 Å². The van der Waals surface area contributed by atoms with Gasteiger partial charge in [-0.1, -0.05) is 12.1 Å². The molecule has 0 bridgehead atoms. The Labute approximate surface area is 114 Å². The Kier molecular flexibility index (Phi) is 2.67. The van der Waals surface area contributed by atoms with Crippen LogP contribution >= 0.6 is 0 Å². The number of para-hydroxylation sites is 1. The molecule has 0 radical (unpaired) electrons. The topological polar surface area (TPSA) is 76.4 Å². The minimum atomic E-state index is -4.29. The minimum absolute atomic E-state index is 0.157. The van der Waals surface area contributed by atoms with Crippen LogP contribution in [0.2, 0.25) is 0 Å². The number of aryl methyl sites for hydroxylation is 1. The van der Waals surface area contributed by atoms with Crippen molar-refractivity contribution in [2.45, 2.75) is 4.90 Å². The number of hydrogen-bond donors (Lipinski definition) is 1. The molecule has 1 N–H and O–H groups in total. The first-order valence-electron chi connectivity index (χ1n) is 5.88. The van der Waals surface area contributed by atoms with E-state index in [9.17, 15) is 13.2 Å². The molecule has 3 aromatic rings. The van der Waals surface area contributed by atoms with Crippen LogP contribution in [-0.4, -0.2) is 17.5 Å². The molecule has 0 spiro atoms. The van der Waals surface area contributed by atoms with Crippen LogP contribution in [0, 0.1) is 0 Å². The smallest absolute Gasteiger partial charge is 0.294 e. The molecule has 0 saturated carbocycles. The third kappa shape index (κ3) is 1.81. The van der Waals surface area contributed by atoms with E-state index < -0.39 is 10.1 Å². The molecule has 0 saturated heterocycles. The van der Waals surface area contributed by atoms with Crippen molar-refractivity contribution >= 4 is 31.9 Å². The Morgan fingerprint density at radius 1 is 1.00 bits per heavy atom. The van der Waals surface area contributed by atoms with E-state index in [2.05, 4.69) is 0 Å². The molecule has 1 aromatic heterocycles. The van der Waals surface area contributed by atoms with Gasteiger partial charge in [0.15, 0.2) is 5.43 Å². The number of fused-ring (bicyclic) bond motifs is 2. The molecule has 0 aliphatic heterocycles. The third-order valence-electron chi connectivity index (χ3n) is 3.38. The van der Waals surface area contributed by atoms with Gasteiger partial charge < -0.3 is 4.57 Å². The number of hydrogen-bond acceptors (Lipinski definition) is 3. The lowest BCUT2D eigenvalue weighted by atomic mass is 10.1. The summed E-state index contributed by atoms with van der Waals surface area (Å²) in [7, 11) is -2.54. The highest BCUT2D eigenvalue weighted by atomic mass is 32.2. The molecular weight excluding hydrogens is 278 g/mol. The summed E-state index contributed by atoms with van der Waals surface area (Å²) in [5.41, 5.74) is 1.01. The molecule has 102 valence electrons. The average Bonchev–Trinajstić information content (AvgIpc) is 2.43. The van der Waals surface area contributed by atoms with Gasteiger partial charge in [-0.05, 0) is 30.3 Å². The number of nitrogens with zero attached hydrogens (tertiary/aromatic N) is 1. The summed E-state index contributed by atoms with van der Waals surface area (Å²) in [6.45, 7) is 0. The summed E-state index contributed by atoms with van der Waals surface area (Å²) in [6.07, 6.45) is 0. The quantitative estimate of drug-likeness (QED) is 0.548. The molecule has 0 aliphatic carbocycles. The lowest BCUT2D eigenvalue weighted by Gasteiger charge is -2.10. The highest BCUT2D eigenvalue weighted by Gasteiger charge is 2.14. The van der Waals surface area contributed by atoms with E-state index >= 15 is 0 Å². The van der Waals surface area contributed by atoms with E-state index in [4.69, 9.17) is 4.55 Å². The number of benzene rings is 2. The van der Waals surface area contributed by atoms with Crippen molar-refractivity contribution in [2.24, 2.45) is 7.05 Å². The van der Waals surface area contributed by atoms with Gasteiger partial charge in [0.05, 0.1) is 15.9 Å². The van der Waals surface area contributed by atoms with Crippen molar-refractivity contribution in [2.75, 3.05) is 0 Å². The maximum absolute atomic E-state index is 12.4. The van der Waals surface area contributed by atoms with E-state index in [1.807, 2.05) is 0 Å². The molecule has 5 nitrogen and oxygen atoms in total. The van der Waals surface area contributed by atoms with Crippen molar-refractivity contribution in [3.8, 4) is 0 Å². The van der Waals surface area contributed by atoms with E-state index in [0.717, 1.165) is 0 Å². The summed E-state index contributed by atoms with van der Waals surface area (Å²) < 4.78 is 33.3. The first-order chi connectivity index (χ1) is 9.39.